The van der Waals surface area contributed by atoms with E-state index in [1.807, 2.05) is 0 Å². The Morgan fingerprint density at radius 1 is 1.40 bits per heavy atom. The van der Waals surface area contributed by atoms with Crippen molar-refractivity contribution in [3.63, 3.8) is 0 Å². The van der Waals surface area contributed by atoms with Crippen molar-refractivity contribution in [3.05, 3.63) is 17.7 Å². The predicted octanol–water partition coefficient (Wildman–Crippen LogP) is 1.04. The molecule has 25 heavy (non-hydrogen) atoms. The van der Waals surface area contributed by atoms with E-state index in [0.29, 0.717) is 26.1 Å². The number of amides is 2. The molecule has 1 atom stereocenters. The van der Waals surface area contributed by atoms with Crippen molar-refractivity contribution in [2.75, 3.05) is 19.8 Å². The van der Waals surface area contributed by atoms with Crippen LogP contribution in [0.15, 0.2) is 6.20 Å². The smallest absolute Gasteiger partial charge is 0.381 e. The highest BCUT2D eigenvalue weighted by Gasteiger charge is 2.42. The number of imidazole rings is 1. The number of alkyl halides is 3. The molecule has 138 valence electrons. The molecule has 3 rings (SSSR count). The lowest BCUT2D eigenvalue weighted by molar-refractivity contribution is -0.147. The standard InChI is InChI=1S/C15H19F3N4O3/c1-9-7-22-11(6-19-14(22)15(16,17)18)13(24)21(9)8-12(23)20-10-2-4-25-5-3-10/h6,9-10H,2-5,7-8H2,1H3,(H,20,23). The first-order chi connectivity index (χ1) is 11.8. The SMILES string of the molecule is CC1Cn2c(cnc2C(F)(F)F)C(=O)N1CC(=O)NC1CCOCC1. The Bertz CT molecular complexity index is 667. The van der Waals surface area contributed by atoms with Gasteiger partial charge in [0.1, 0.15) is 12.2 Å². The van der Waals surface area contributed by atoms with E-state index < -0.39 is 23.9 Å². The van der Waals surface area contributed by atoms with Crippen LogP contribution in [0, 0.1) is 0 Å². The van der Waals surface area contributed by atoms with Crippen LogP contribution >= 0.6 is 0 Å². The molecule has 10 heteroatoms. The Morgan fingerprint density at radius 3 is 2.72 bits per heavy atom. The molecule has 1 N–H and O–H groups in total. The van der Waals surface area contributed by atoms with Gasteiger partial charge in [-0.2, -0.15) is 13.2 Å². The van der Waals surface area contributed by atoms with Crippen molar-refractivity contribution < 1.29 is 27.5 Å². The summed E-state index contributed by atoms with van der Waals surface area (Å²) >= 11 is 0. The van der Waals surface area contributed by atoms with Gasteiger partial charge in [-0.05, 0) is 19.8 Å². The van der Waals surface area contributed by atoms with Crippen molar-refractivity contribution in [1.29, 1.82) is 0 Å². The minimum absolute atomic E-state index is 0.00110. The summed E-state index contributed by atoms with van der Waals surface area (Å²) in [6, 6.07) is -0.547. The third kappa shape index (κ3) is 3.63. The van der Waals surface area contributed by atoms with Crippen molar-refractivity contribution in [3.8, 4) is 0 Å². The average molecular weight is 360 g/mol. The Kier molecular flexibility index (Phi) is 4.72. The number of nitrogens with zero attached hydrogens (tertiary/aromatic N) is 3. The van der Waals surface area contributed by atoms with Gasteiger partial charge in [0.05, 0.1) is 6.20 Å². The van der Waals surface area contributed by atoms with Crippen molar-refractivity contribution in [1.82, 2.24) is 19.8 Å². The number of fused-ring (bicyclic) bond motifs is 1. The summed E-state index contributed by atoms with van der Waals surface area (Å²) in [5, 5.41) is 2.85. The predicted molar refractivity (Wildman–Crippen MR) is 79.7 cm³/mol. The third-order valence-corrected chi connectivity index (χ3v) is 4.47. The molecule has 1 unspecified atom stereocenters. The fourth-order valence-corrected chi connectivity index (χ4v) is 3.17. The monoisotopic (exact) mass is 360 g/mol. The molecular formula is C15H19F3N4O3. The molecule has 2 amide bonds. The first-order valence-electron chi connectivity index (χ1n) is 8.08. The Labute approximate surface area is 142 Å². The molecule has 1 aromatic heterocycles. The van der Waals surface area contributed by atoms with Crippen LogP contribution < -0.4 is 5.32 Å². The second-order valence-corrected chi connectivity index (χ2v) is 6.31. The number of nitrogens with one attached hydrogen (secondary N) is 1. The lowest BCUT2D eigenvalue weighted by atomic mass is 10.1. The molecule has 1 saturated heterocycles. The van der Waals surface area contributed by atoms with Crippen LogP contribution in [-0.4, -0.2) is 58.1 Å². The maximum absolute atomic E-state index is 12.9. The van der Waals surface area contributed by atoms with Crippen LogP contribution in [0.4, 0.5) is 13.2 Å². The average Bonchev–Trinajstić information content (AvgIpc) is 2.96. The lowest BCUT2D eigenvalue weighted by Gasteiger charge is -2.35. The molecule has 7 nitrogen and oxygen atoms in total. The minimum Gasteiger partial charge on any atom is -0.381 e. The quantitative estimate of drug-likeness (QED) is 0.874. The maximum atomic E-state index is 12.9. The molecule has 0 spiro atoms. The fourth-order valence-electron chi connectivity index (χ4n) is 3.17. The third-order valence-electron chi connectivity index (χ3n) is 4.47. The number of hydrogen-bond acceptors (Lipinski definition) is 4. The zero-order chi connectivity index (χ0) is 18.2. The highest BCUT2D eigenvalue weighted by molar-refractivity contribution is 5.96. The minimum atomic E-state index is -4.62. The fraction of sp³-hybridized carbons (Fsp3) is 0.667. The second-order valence-electron chi connectivity index (χ2n) is 6.31. The van der Waals surface area contributed by atoms with Crippen LogP contribution in [0.25, 0.3) is 0 Å². The number of aromatic nitrogens is 2. The van der Waals surface area contributed by atoms with Gasteiger partial charge in [0.2, 0.25) is 11.7 Å². The molecule has 0 aliphatic carbocycles. The summed E-state index contributed by atoms with van der Waals surface area (Å²) in [5.74, 6) is -2.03. The maximum Gasteiger partial charge on any atom is 0.449 e. The molecule has 1 fully saturated rings. The van der Waals surface area contributed by atoms with Gasteiger partial charge in [0.15, 0.2) is 0 Å². The van der Waals surface area contributed by atoms with Crippen molar-refractivity contribution in [2.45, 2.75) is 44.6 Å². The highest BCUT2D eigenvalue weighted by atomic mass is 19.4. The zero-order valence-corrected chi connectivity index (χ0v) is 13.7. The van der Waals surface area contributed by atoms with Gasteiger partial charge in [-0.25, -0.2) is 4.98 Å². The molecule has 3 heterocycles. The van der Waals surface area contributed by atoms with Crippen LogP contribution in [0.2, 0.25) is 0 Å². The topological polar surface area (TPSA) is 76.5 Å². The molecule has 2 aliphatic rings. The lowest BCUT2D eigenvalue weighted by Crippen LogP contribution is -2.52. The Hall–Kier alpha value is -2.10. The van der Waals surface area contributed by atoms with Crippen LogP contribution in [0.1, 0.15) is 36.1 Å². The normalized spacial score (nSPS) is 22.0. The van der Waals surface area contributed by atoms with Crippen molar-refractivity contribution in [2.24, 2.45) is 0 Å². The molecular weight excluding hydrogens is 341 g/mol. The molecule has 1 aromatic rings. The van der Waals surface area contributed by atoms with Gasteiger partial charge in [-0.3, -0.25) is 9.59 Å². The van der Waals surface area contributed by atoms with Gasteiger partial charge >= 0.3 is 6.18 Å². The number of hydrogen-bond donors (Lipinski definition) is 1. The number of rotatable bonds is 3. The van der Waals surface area contributed by atoms with Gasteiger partial charge < -0.3 is 19.5 Å². The molecule has 2 aliphatic heterocycles. The van der Waals surface area contributed by atoms with Gasteiger partial charge in [0, 0.05) is 31.8 Å². The Balaban J connectivity index is 1.70. The van der Waals surface area contributed by atoms with E-state index in [-0.39, 0.29) is 30.7 Å². The van der Waals surface area contributed by atoms with E-state index in [0.717, 1.165) is 10.8 Å². The summed E-state index contributed by atoms with van der Waals surface area (Å²) in [7, 11) is 0. The van der Waals surface area contributed by atoms with E-state index in [1.54, 1.807) is 6.92 Å². The first kappa shape index (κ1) is 17.7. The molecule has 0 aromatic carbocycles. The summed E-state index contributed by atoms with van der Waals surface area (Å²) in [5.41, 5.74) is -0.149. The van der Waals surface area contributed by atoms with E-state index >= 15 is 0 Å². The Morgan fingerprint density at radius 2 is 2.08 bits per heavy atom. The molecule has 0 bridgehead atoms. The summed E-state index contributed by atoms with van der Waals surface area (Å²) < 4.78 is 44.9. The van der Waals surface area contributed by atoms with E-state index in [4.69, 9.17) is 4.74 Å². The second kappa shape index (κ2) is 6.66. The molecule has 0 saturated carbocycles. The van der Waals surface area contributed by atoms with E-state index in [2.05, 4.69) is 10.3 Å². The number of ether oxygens (including phenoxy) is 1. The summed E-state index contributed by atoms with van der Waals surface area (Å²) in [6.45, 7) is 2.51. The number of carbonyl (C=O) groups excluding carboxylic acids is 2. The van der Waals surface area contributed by atoms with Gasteiger partial charge in [-0.15, -0.1) is 0 Å². The zero-order valence-electron chi connectivity index (χ0n) is 13.7. The van der Waals surface area contributed by atoms with E-state index in [1.165, 1.54) is 4.90 Å². The number of carbonyl (C=O) groups is 2. The summed E-state index contributed by atoms with van der Waals surface area (Å²) in [6.07, 6.45) is -2.30. The van der Waals surface area contributed by atoms with Crippen molar-refractivity contribution >= 4 is 11.8 Å². The highest BCUT2D eigenvalue weighted by Crippen LogP contribution is 2.31. The first-order valence-corrected chi connectivity index (χ1v) is 8.08. The van der Waals surface area contributed by atoms with Gasteiger partial charge in [-0.1, -0.05) is 0 Å². The van der Waals surface area contributed by atoms with Crippen LogP contribution in [-0.2, 0) is 22.3 Å². The summed E-state index contributed by atoms with van der Waals surface area (Å²) in [4.78, 5) is 29.3. The largest absolute Gasteiger partial charge is 0.449 e. The van der Waals surface area contributed by atoms with Gasteiger partial charge in [0.25, 0.3) is 5.91 Å². The number of halogens is 3. The van der Waals surface area contributed by atoms with Crippen LogP contribution in [0.5, 0.6) is 0 Å². The van der Waals surface area contributed by atoms with Crippen LogP contribution in [0.3, 0.4) is 0 Å². The molecule has 0 radical (unpaired) electrons. The van der Waals surface area contributed by atoms with E-state index in [9.17, 15) is 22.8 Å².